The molecule has 0 aliphatic carbocycles. The van der Waals surface area contributed by atoms with E-state index < -0.39 is 0 Å². The van der Waals surface area contributed by atoms with Gasteiger partial charge in [0.2, 0.25) is 0 Å². The molecule has 0 atom stereocenters. The smallest absolute Gasteiger partial charge is 0.257 e. The molecular weight excluding hydrogens is 336 g/mol. The highest BCUT2D eigenvalue weighted by Gasteiger charge is 2.08. The summed E-state index contributed by atoms with van der Waals surface area (Å²) in [5.74, 6) is 1.96. The zero-order chi connectivity index (χ0) is 13.8. The van der Waals surface area contributed by atoms with E-state index in [1.807, 2.05) is 42.5 Å². The molecule has 3 aromatic rings. The number of aromatic nitrogens is 2. The Morgan fingerprint density at radius 3 is 2.50 bits per heavy atom. The van der Waals surface area contributed by atoms with E-state index in [4.69, 9.17) is 4.52 Å². The molecule has 0 saturated heterocycles. The quantitative estimate of drug-likeness (QED) is 0.636. The first kappa shape index (κ1) is 13.4. The van der Waals surface area contributed by atoms with Gasteiger partial charge in [0.25, 0.3) is 5.89 Å². The van der Waals surface area contributed by atoms with Crippen LogP contribution in [0.15, 0.2) is 68.5 Å². The van der Waals surface area contributed by atoms with Crippen molar-refractivity contribution in [1.82, 2.24) is 10.1 Å². The second-order valence-corrected chi connectivity index (χ2v) is 6.09. The lowest BCUT2D eigenvalue weighted by atomic mass is 10.2. The van der Waals surface area contributed by atoms with Gasteiger partial charge in [-0.3, -0.25) is 0 Å². The third kappa shape index (κ3) is 3.29. The van der Waals surface area contributed by atoms with Crippen LogP contribution in [0.4, 0.5) is 0 Å². The SMILES string of the molecule is Brc1ccc(SCc2noc(-c3ccccc3)n2)cc1. The van der Waals surface area contributed by atoms with Crippen molar-refractivity contribution in [3.05, 3.63) is 64.9 Å². The molecule has 0 unspecified atom stereocenters. The van der Waals surface area contributed by atoms with Crippen LogP contribution >= 0.6 is 27.7 Å². The maximum Gasteiger partial charge on any atom is 0.257 e. The van der Waals surface area contributed by atoms with Crippen LogP contribution in [-0.4, -0.2) is 10.1 Å². The Labute approximate surface area is 129 Å². The largest absolute Gasteiger partial charge is 0.334 e. The predicted octanol–water partition coefficient (Wildman–Crippen LogP) is 4.79. The number of nitrogens with zero attached hydrogens (tertiary/aromatic N) is 2. The van der Waals surface area contributed by atoms with Crippen molar-refractivity contribution in [2.24, 2.45) is 0 Å². The average molecular weight is 347 g/mol. The minimum atomic E-state index is 0.567. The monoisotopic (exact) mass is 346 g/mol. The molecule has 0 saturated carbocycles. The molecule has 0 N–H and O–H groups in total. The minimum absolute atomic E-state index is 0.567. The molecule has 0 fully saturated rings. The number of hydrogen-bond acceptors (Lipinski definition) is 4. The van der Waals surface area contributed by atoms with Gasteiger partial charge in [-0.05, 0) is 36.4 Å². The van der Waals surface area contributed by atoms with Crippen molar-refractivity contribution in [2.75, 3.05) is 0 Å². The minimum Gasteiger partial charge on any atom is -0.334 e. The summed E-state index contributed by atoms with van der Waals surface area (Å²) in [4.78, 5) is 5.59. The Morgan fingerprint density at radius 2 is 1.75 bits per heavy atom. The summed E-state index contributed by atoms with van der Waals surface area (Å²) in [7, 11) is 0. The predicted molar refractivity (Wildman–Crippen MR) is 83.4 cm³/mol. The number of hydrogen-bond donors (Lipinski definition) is 0. The van der Waals surface area contributed by atoms with Crippen LogP contribution in [0.1, 0.15) is 5.82 Å². The van der Waals surface area contributed by atoms with Crippen molar-refractivity contribution >= 4 is 27.7 Å². The Kier molecular flexibility index (Phi) is 4.18. The third-order valence-electron chi connectivity index (χ3n) is 2.67. The van der Waals surface area contributed by atoms with Crippen LogP contribution in [0, 0.1) is 0 Å². The Balaban J connectivity index is 1.67. The third-order valence-corrected chi connectivity index (χ3v) is 4.21. The molecule has 0 radical (unpaired) electrons. The van der Waals surface area contributed by atoms with Gasteiger partial charge in [0, 0.05) is 14.9 Å². The van der Waals surface area contributed by atoms with Gasteiger partial charge in [0.15, 0.2) is 5.82 Å². The van der Waals surface area contributed by atoms with Gasteiger partial charge in [-0.25, -0.2) is 0 Å². The highest BCUT2D eigenvalue weighted by atomic mass is 79.9. The summed E-state index contributed by atoms with van der Waals surface area (Å²) < 4.78 is 6.35. The van der Waals surface area contributed by atoms with Crippen LogP contribution in [0.3, 0.4) is 0 Å². The van der Waals surface area contributed by atoms with Crippen molar-refractivity contribution in [2.45, 2.75) is 10.6 Å². The molecule has 0 aliphatic rings. The van der Waals surface area contributed by atoms with E-state index in [2.05, 4.69) is 38.2 Å². The van der Waals surface area contributed by atoms with Crippen molar-refractivity contribution < 1.29 is 4.52 Å². The maximum atomic E-state index is 5.28. The summed E-state index contributed by atoms with van der Waals surface area (Å²) in [6.07, 6.45) is 0. The zero-order valence-corrected chi connectivity index (χ0v) is 12.9. The Bertz CT molecular complexity index is 683. The molecule has 1 heterocycles. The molecular formula is C15H11BrN2OS. The lowest BCUT2D eigenvalue weighted by Crippen LogP contribution is -1.84. The molecule has 20 heavy (non-hydrogen) atoms. The van der Waals surface area contributed by atoms with E-state index in [1.54, 1.807) is 11.8 Å². The van der Waals surface area contributed by atoms with E-state index in [0.717, 1.165) is 10.0 Å². The number of thioether (sulfide) groups is 1. The van der Waals surface area contributed by atoms with Crippen LogP contribution in [0.2, 0.25) is 0 Å². The number of benzene rings is 2. The van der Waals surface area contributed by atoms with Gasteiger partial charge in [-0.15, -0.1) is 11.8 Å². The molecule has 0 spiro atoms. The van der Waals surface area contributed by atoms with Crippen molar-refractivity contribution in [1.29, 1.82) is 0 Å². The zero-order valence-electron chi connectivity index (χ0n) is 10.5. The van der Waals surface area contributed by atoms with E-state index in [-0.39, 0.29) is 0 Å². The molecule has 0 amide bonds. The lowest BCUT2D eigenvalue weighted by molar-refractivity contribution is 0.425. The normalized spacial score (nSPS) is 10.7. The molecule has 100 valence electrons. The topological polar surface area (TPSA) is 38.9 Å². The second-order valence-electron chi connectivity index (χ2n) is 4.12. The summed E-state index contributed by atoms with van der Waals surface area (Å²) in [6.45, 7) is 0. The maximum absolute atomic E-state index is 5.28. The van der Waals surface area contributed by atoms with Crippen LogP contribution < -0.4 is 0 Å². The molecule has 5 heteroatoms. The summed E-state index contributed by atoms with van der Waals surface area (Å²) in [5, 5.41) is 4.01. The van der Waals surface area contributed by atoms with Gasteiger partial charge in [0.1, 0.15) is 0 Å². The summed E-state index contributed by atoms with van der Waals surface area (Å²) >= 11 is 5.11. The lowest BCUT2D eigenvalue weighted by Gasteiger charge is -1.97. The molecule has 2 aromatic carbocycles. The highest BCUT2D eigenvalue weighted by molar-refractivity contribution is 9.10. The van der Waals surface area contributed by atoms with Gasteiger partial charge in [-0.1, -0.05) is 39.3 Å². The van der Waals surface area contributed by atoms with Crippen LogP contribution in [0.5, 0.6) is 0 Å². The van der Waals surface area contributed by atoms with Crippen molar-refractivity contribution in [3.8, 4) is 11.5 Å². The molecule has 1 aromatic heterocycles. The fourth-order valence-corrected chi connectivity index (χ4v) is 2.70. The van der Waals surface area contributed by atoms with Crippen LogP contribution in [0.25, 0.3) is 11.5 Å². The van der Waals surface area contributed by atoms with E-state index >= 15 is 0 Å². The van der Waals surface area contributed by atoms with Crippen molar-refractivity contribution in [3.63, 3.8) is 0 Å². The molecule has 0 bridgehead atoms. The average Bonchev–Trinajstić information content (AvgIpc) is 2.97. The first-order chi connectivity index (χ1) is 9.81. The molecule has 0 aliphatic heterocycles. The van der Waals surface area contributed by atoms with Gasteiger partial charge in [-0.2, -0.15) is 4.98 Å². The van der Waals surface area contributed by atoms with Gasteiger partial charge >= 0.3 is 0 Å². The summed E-state index contributed by atoms with van der Waals surface area (Å²) in [6, 6.07) is 18.0. The van der Waals surface area contributed by atoms with E-state index in [1.165, 1.54) is 4.90 Å². The molecule has 3 nitrogen and oxygen atoms in total. The number of rotatable bonds is 4. The summed E-state index contributed by atoms with van der Waals surface area (Å²) in [5.41, 5.74) is 0.944. The molecule has 3 rings (SSSR count). The first-order valence-electron chi connectivity index (χ1n) is 6.07. The van der Waals surface area contributed by atoms with E-state index in [0.29, 0.717) is 17.5 Å². The fourth-order valence-electron chi connectivity index (χ4n) is 1.69. The first-order valence-corrected chi connectivity index (χ1v) is 7.85. The second kappa shape index (κ2) is 6.24. The Morgan fingerprint density at radius 1 is 1.00 bits per heavy atom. The number of halogens is 1. The Hall–Kier alpha value is -1.59. The van der Waals surface area contributed by atoms with Gasteiger partial charge < -0.3 is 4.52 Å². The highest BCUT2D eigenvalue weighted by Crippen LogP contribution is 2.24. The fraction of sp³-hybridized carbons (Fsp3) is 0.0667. The van der Waals surface area contributed by atoms with Gasteiger partial charge in [0.05, 0.1) is 5.75 Å². The standard InChI is InChI=1S/C15H11BrN2OS/c16-12-6-8-13(9-7-12)20-10-14-17-15(19-18-14)11-4-2-1-3-5-11/h1-9H,10H2. The van der Waals surface area contributed by atoms with E-state index in [9.17, 15) is 0 Å². The van der Waals surface area contributed by atoms with Crippen LogP contribution in [-0.2, 0) is 5.75 Å².